The molecule has 3 aromatic rings. The summed E-state index contributed by atoms with van der Waals surface area (Å²) in [5.41, 5.74) is 0.289. The van der Waals surface area contributed by atoms with E-state index in [0.29, 0.717) is 5.16 Å². The van der Waals surface area contributed by atoms with E-state index in [1.165, 1.54) is 6.33 Å². The van der Waals surface area contributed by atoms with Gasteiger partial charge in [0, 0.05) is 17.8 Å². The van der Waals surface area contributed by atoms with Crippen LogP contribution in [-0.4, -0.2) is 31.3 Å². The average molecular weight is 373 g/mol. The number of para-hydroxylation sites is 1. The molecule has 1 heterocycles. The molecule has 2 aromatic carbocycles. The number of aromatic nitrogens is 3. The van der Waals surface area contributed by atoms with Gasteiger partial charge in [-0.15, -0.1) is 10.2 Å². The molecular formula is C16H12FN5O3S. The fraction of sp³-hybridized carbons (Fsp3) is 0.0625. The first-order valence-electron chi connectivity index (χ1n) is 7.36. The molecule has 0 fully saturated rings. The van der Waals surface area contributed by atoms with Gasteiger partial charge in [-0.3, -0.25) is 19.5 Å². The van der Waals surface area contributed by atoms with E-state index in [4.69, 9.17) is 0 Å². The molecule has 26 heavy (non-hydrogen) atoms. The van der Waals surface area contributed by atoms with Crippen molar-refractivity contribution in [3.8, 4) is 5.69 Å². The van der Waals surface area contributed by atoms with Crippen molar-refractivity contribution in [3.63, 3.8) is 0 Å². The normalized spacial score (nSPS) is 10.5. The largest absolute Gasteiger partial charge is 0.323 e. The first-order valence-corrected chi connectivity index (χ1v) is 8.35. The van der Waals surface area contributed by atoms with E-state index in [1.54, 1.807) is 4.57 Å². The van der Waals surface area contributed by atoms with E-state index in [0.717, 1.165) is 35.6 Å². The van der Waals surface area contributed by atoms with Crippen molar-refractivity contribution in [1.82, 2.24) is 14.8 Å². The van der Waals surface area contributed by atoms with Gasteiger partial charge in [0.05, 0.1) is 16.4 Å². The summed E-state index contributed by atoms with van der Waals surface area (Å²) in [5, 5.41) is 21.4. The maximum absolute atomic E-state index is 13.7. The third-order valence-corrected chi connectivity index (χ3v) is 4.26. The van der Waals surface area contributed by atoms with Crippen LogP contribution in [0.25, 0.3) is 5.69 Å². The molecule has 0 bridgehead atoms. The molecule has 1 N–H and O–H groups in total. The number of amides is 1. The predicted octanol–water partition coefficient (Wildman–Crippen LogP) is 3.05. The molecule has 8 nitrogen and oxygen atoms in total. The quantitative estimate of drug-likeness (QED) is 0.405. The van der Waals surface area contributed by atoms with Gasteiger partial charge in [0.1, 0.15) is 12.1 Å². The van der Waals surface area contributed by atoms with E-state index < -0.39 is 16.6 Å². The zero-order valence-electron chi connectivity index (χ0n) is 13.2. The highest BCUT2D eigenvalue weighted by atomic mass is 32.2. The van der Waals surface area contributed by atoms with Crippen molar-refractivity contribution in [3.05, 3.63) is 70.8 Å². The Bertz CT molecular complexity index is 948. The van der Waals surface area contributed by atoms with Crippen molar-refractivity contribution >= 4 is 29.0 Å². The van der Waals surface area contributed by atoms with Crippen LogP contribution in [0.2, 0.25) is 0 Å². The van der Waals surface area contributed by atoms with Crippen LogP contribution in [0.5, 0.6) is 0 Å². The monoisotopic (exact) mass is 373 g/mol. The smallest absolute Gasteiger partial charge is 0.271 e. The number of rotatable bonds is 6. The summed E-state index contributed by atoms with van der Waals surface area (Å²) in [4.78, 5) is 22.2. The number of benzene rings is 2. The number of anilines is 1. The van der Waals surface area contributed by atoms with Gasteiger partial charge in [0.15, 0.2) is 5.16 Å². The minimum atomic E-state index is -0.749. The summed E-state index contributed by atoms with van der Waals surface area (Å²) >= 11 is 1.11. The Hall–Kier alpha value is -3.27. The van der Waals surface area contributed by atoms with E-state index in [1.807, 2.05) is 30.3 Å². The second-order valence-electron chi connectivity index (χ2n) is 5.08. The Labute approximate surface area is 151 Å². The zero-order valence-corrected chi connectivity index (χ0v) is 14.0. The van der Waals surface area contributed by atoms with Crippen LogP contribution in [0.1, 0.15) is 0 Å². The Morgan fingerprint density at radius 1 is 1.27 bits per heavy atom. The van der Waals surface area contributed by atoms with E-state index >= 15 is 0 Å². The van der Waals surface area contributed by atoms with Crippen molar-refractivity contribution in [2.45, 2.75) is 5.16 Å². The molecule has 0 radical (unpaired) electrons. The SMILES string of the molecule is O=C(CSc1nncn1-c1ccccc1)Nc1cc([N+](=O)[O-])ccc1F. The number of nitrogens with one attached hydrogen (secondary N) is 1. The van der Waals surface area contributed by atoms with Crippen LogP contribution in [0.3, 0.4) is 0 Å². The van der Waals surface area contributed by atoms with Crippen LogP contribution in [-0.2, 0) is 4.79 Å². The van der Waals surface area contributed by atoms with Crippen molar-refractivity contribution < 1.29 is 14.1 Å². The Balaban J connectivity index is 1.67. The molecule has 3 rings (SSSR count). The highest BCUT2D eigenvalue weighted by molar-refractivity contribution is 7.99. The second-order valence-corrected chi connectivity index (χ2v) is 6.02. The fourth-order valence-electron chi connectivity index (χ4n) is 2.13. The summed E-state index contributed by atoms with van der Waals surface area (Å²) in [6, 6.07) is 12.3. The average Bonchev–Trinajstić information content (AvgIpc) is 3.11. The first-order chi connectivity index (χ1) is 12.5. The van der Waals surface area contributed by atoms with Crippen molar-refractivity contribution in [2.24, 2.45) is 0 Å². The standard InChI is InChI=1S/C16H12FN5O3S/c17-13-7-6-12(22(24)25)8-14(13)19-15(23)9-26-16-20-18-10-21(16)11-4-2-1-3-5-11/h1-8,10H,9H2,(H,19,23). The number of carbonyl (C=O) groups is 1. The Morgan fingerprint density at radius 3 is 2.77 bits per heavy atom. The number of non-ortho nitro benzene ring substituents is 1. The van der Waals surface area contributed by atoms with Crippen LogP contribution in [0, 0.1) is 15.9 Å². The third kappa shape index (κ3) is 4.03. The molecule has 1 amide bonds. The highest BCUT2D eigenvalue weighted by Crippen LogP contribution is 2.23. The minimum absolute atomic E-state index is 0.0618. The summed E-state index contributed by atoms with van der Waals surface area (Å²) in [6.45, 7) is 0. The van der Waals surface area contributed by atoms with Gasteiger partial charge in [0.2, 0.25) is 5.91 Å². The molecule has 10 heteroatoms. The molecule has 0 unspecified atom stereocenters. The fourth-order valence-corrected chi connectivity index (χ4v) is 2.86. The Morgan fingerprint density at radius 2 is 2.04 bits per heavy atom. The molecule has 0 aliphatic carbocycles. The summed E-state index contributed by atoms with van der Waals surface area (Å²) in [5.74, 6) is -1.33. The van der Waals surface area contributed by atoms with Gasteiger partial charge in [-0.1, -0.05) is 30.0 Å². The number of nitro groups is 1. The van der Waals surface area contributed by atoms with Crippen molar-refractivity contribution in [1.29, 1.82) is 0 Å². The lowest BCUT2D eigenvalue weighted by Gasteiger charge is -2.07. The number of hydrogen-bond acceptors (Lipinski definition) is 6. The summed E-state index contributed by atoms with van der Waals surface area (Å²) < 4.78 is 15.4. The molecule has 0 saturated carbocycles. The van der Waals surface area contributed by atoms with E-state index in [9.17, 15) is 19.3 Å². The Kier molecular flexibility index (Phi) is 5.23. The molecule has 132 valence electrons. The third-order valence-electron chi connectivity index (χ3n) is 3.32. The van der Waals surface area contributed by atoms with Gasteiger partial charge in [-0.05, 0) is 18.2 Å². The maximum atomic E-state index is 13.7. The molecule has 0 spiro atoms. The molecule has 0 aliphatic heterocycles. The molecule has 0 saturated heterocycles. The molecule has 0 atom stereocenters. The minimum Gasteiger partial charge on any atom is -0.323 e. The number of hydrogen-bond donors (Lipinski definition) is 1. The predicted molar refractivity (Wildman–Crippen MR) is 93.8 cm³/mol. The number of nitrogens with zero attached hydrogens (tertiary/aromatic N) is 4. The topological polar surface area (TPSA) is 103 Å². The van der Waals surface area contributed by atoms with E-state index in [-0.39, 0.29) is 17.1 Å². The lowest BCUT2D eigenvalue weighted by molar-refractivity contribution is -0.384. The van der Waals surface area contributed by atoms with Gasteiger partial charge in [0.25, 0.3) is 5.69 Å². The number of carbonyl (C=O) groups excluding carboxylic acids is 1. The van der Waals surface area contributed by atoms with Gasteiger partial charge in [-0.25, -0.2) is 4.39 Å². The number of thioether (sulfide) groups is 1. The van der Waals surface area contributed by atoms with Gasteiger partial charge >= 0.3 is 0 Å². The molecule has 1 aromatic heterocycles. The summed E-state index contributed by atoms with van der Waals surface area (Å²) in [6.07, 6.45) is 1.52. The van der Waals surface area contributed by atoms with Crippen LogP contribution in [0.4, 0.5) is 15.8 Å². The van der Waals surface area contributed by atoms with Crippen LogP contribution >= 0.6 is 11.8 Å². The maximum Gasteiger partial charge on any atom is 0.271 e. The number of halogens is 1. The number of nitro benzene ring substituents is 1. The highest BCUT2D eigenvalue weighted by Gasteiger charge is 2.15. The van der Waals surface area contributed by atoms with Crippen LogP contribution in [0.15, 0.2) is 60.0 Å². The van der Waals surface area contributed by atoms with E-state index in [2.05, 4.69) is 15.5 Å². The lowest BCUT2D eigenvalue weighted by Crippen LogP contribution is -2.15. The molecule has 0 aliphatic rings. The first kappa shape index (κ1) is 17.5. The van der Waals surface area contributed by atoms with Crippen LogP contribution < -0.4 is 5.32 Å². The lowest BCUT2D eigenvalue weighted by atomic mass is 10.2. The van der Waals surface area contributed by atoms with Gasteiger partial charge < -0.3 is 5.32 Å². The van der Waals surface area contributed by atoms with Gasteiger partial charge in [-0.2, -0.15) is 0 Å². The zero-order chi connectivity index (χ0) is 18.5. The van der Waals surface area contributed by atoms with Crippen molar-refractivity contribution in [2.75, 3.05) is 11.1 Å². The molecular weight excluding hydrogens is 361 g/mol. The summed E-state index contributed by atoms with van der Waals surface area (Å²) in [7, 11) is 0. The second kappa shape index (κ2) is 7.74.